The first-order valence-corrected chi connectivity index (χ1v) is 13.6. The van der Waals surface area contributed by atoms with Gasteiger partial charge in [0.05, 0.1) is 19.7 Å². The van der Waals surface area contributed by atoms with Crippen molar-refractivity contribution in [3.8, 4) is 11.5 Å². The molecule has 1 unspecified atom stereocenters. The van der Waals surface area contributed by atoms with Crippen molar-refractivity contribution in [2.24, 2.45) is 5.92 Å². The fraction of sp³-hybridized carbons (Fsp3) is 0.517. The first-order valence-electron chi connectivity index (χ1n) is 13.6. The van der Waals surface area contributed by atoms with E-state index in [9.17, 15) is 9.50 Å². The van der Waals surface area contributed by atoms with E-state index in [2.05, 4.69) is 15.1 Å². The number of fused-ring (bicyclic) bond motifs is 1. The van der Waals surface area contributed by atoms with Gasteiger partial charge in [-0.3, -0.25) is 4.90 Å². The molecule has 0 amide bonds. The number of hydrogen-bond donors (Lipinski definition) is 2. The summed E-state index contributed by atoms with van der Waals surface area (Å²) in [5, 5.41) is 14.0. The van der Waals surface area contributed by atoms with Crippen molar-refractivity contribution in [2.75, 3.05) is 63.8 Å². The van der Waals surface area contributed by atoms with E-state index in [-0.39, 0.29) is 12.4 Å². The van der Waals surface area contributed by atoms with E-state index in [0.29, 0.717) is 36.0 Å². The molecular formula is C29H38FN5O3. The minimum atomic E-state index is -0.230. The Balaban J connectivity index is 1.35. The molecule has 8 nitrogen and oxygen atoms in total. The number of aliphatic hydroxyl groups is 1. The first-order chi connectivity index (χ1) is 18.6. The van der Waals surface area contributed by atoms with Crippen LogP contribution in [0.4, 0.5) is 16.2 Å². The van der Waals surface area contributed by atoms with E-state index in [1.807, 2.05) is 24.3 Å². The van der Waals surface area contributed by atoms with E-state index >= 15 is 0 Å². The average Bonchev–Trinajstić information content (AvgIpc) is 2.97. The molecule has 2 fully saturated rings. The second-order valence-corrected chi connectivity index (χ2v) is 10.3. The number of benzene rings is 2. The molecule has 2 saturated heterocycles. The summed E-state index contributed by atoms with van der Waals surface area (Å²) >= 11 is 0. The zero-order chi connectivity index (χ0) is 26.5. The molecule has 38 heavy (non-hydrogen) atoms. The number of aliphatic hydroxyl groups excluding tert-OH is 1. The average molecular weight is 524 g/mol. The predicted molar refractivity (Wildman–Crippen MR) is 148 cm³/mol. The topological polar surface area (TPSA) is 83.0 Å². The summed E-state index contributed by atoms with van der Waals surface area (Å²) in [5.74, 6) is 2.88. The fourth-order valence-electron chi connectivity index (χ4n) is 5.70. The van der Waals surface area contributed by atoms with Crippen LogP contribution in [0.25, 0.3) is 10.9 Å². The molecule has 204 valence electrons. The number of halogens is 1. The van der Waals surface area contributed by atoms with Crippen LogP contribution in [0, 0.1) is 11.7 Å². The Labute approximate surface area is 223 Å². The van der Waals surface area contributed by atoms with E-state index in [4.69, 9.17) is 19.4 Å². The van der Waals surface area contributed by atoms with Gasteiger partial charge in [-0.1, -0.05) is 12.1 Å². The summed E-state index contributed by atoms with van der Waals surface area (Å²) in [7, 11) is 3.25. The maximum atomic E-state index is 13.3. The van der Waals surface area contributed by atoms with Crippen LogP contribution in [-0.4, -0.2) is 79.6 Å². The van der Waals surface area contributed by atoms with E-state index in [0.717, 1.165) is 80.6 Å². The van der Waals surface area contributed by atoms with Crippen molar-refractivity contribution in [3.05, 3.63) is 47.8 Å². The summed E-state index contributed by atoms with van der Waals surface area (Å²) in [5.41, 5.74) is 1.85. The predicted octanol–water partition coefficient (Wildman–Crippen LogP) is 4.11. The van der Waals surface area contributed by atoms with Crippen molar-refractivity contribution in [3.63, 3.8) is 0 Å². The number of aromatic nitrogens is 2. The van der Waals surface area contributed by atoms with Gasteiger partial charge < -0.3 is 24.8 Å². The third-order valence-corrected chi connectivity index (χ3v) is 7.88. The number of anilines is 2. The summed E-state index contributed by atoms with van der Waals surface area (Å²) in [6.07, 6.45) is 5.14. The monoisotopic (exact) mass is 523 g/mol. The molecule has 3 aromatic rings. The number of nitrogens with zero attached hydrogens (tertiary/aromatic N) is 4. The summed E-state index contributed by atoms with van der Waals surface area (Å²) in [6, 6.07) is 11.0. The van der Waals surface area contributed by atoms with Gasteiger partial charge in [0.2, 0.25) is 5.95 Å². The molecular weight excluding hydrogens is 485 g/mol. The molecule has 0 saturated carbocycles. The Morgan fingerprint density at radius 2 is 1.74 bits per heavy atom. The van der Waals surface area contributed by atoms with Gasteiger partial charge in [-0.25, -0.2) is 9.37 Å². The SMILES string of the molecule is COc1cc2nc(N3CCC(N4CCCC(CO)C4)CC3)nc(NCCc3ccc(F)cc3)c2cc1OC. The van der Waals surface area contributed by atoms with Crippen LogP contribution in [0.3, 0.4) is 0 Å². The number of hydrogen-bond acceptors (Lipinski definition) is 8. The van der Waals surface area contributed by atoms with Crippen molar-refractivity contribution in [1.29, 1.82) is 0 Å². The lowest BCUT2D eigenvalue weighted by atomic mass is 9.94. The molecule has 2 aliphatic rings. The lowest BCUT2D eigenvalue weighted by molar-refractivity contribution is 0.0776. The normalized spacial score (nSPS) is 19.1. The second-order valence-electron chi connectivity index (χ2n) is 10.3. The highest BCUT2D eigenvalue weighted by atomic mass is 19.1. The van der Waals surface area contributed by atoms with Gasteiger partial charge in [0.15, 0.2) is 11.5 Å². The maximum absolute atomic E-state index is 13.3. The Bertz CT molecular complexity index is 1220. The lowest BCUT2D eigenvalue weighted by Crippen LogP contribution is -2.49. The van der Waals surface area contributed by atoms with Crippen LogP contribution in [-0.2, 0) is 6.42 Å². The maximum Gasteiger partial charge on any atom is 0.227 e. The highest BCUT2D eigenvalue weighted by molar-refractivity contribution is 5.92. The van der Waals surface area contributed by atoms with Gasteiger partial charge in [-0.05, 0) is 68.3 Å². The third-order valence-electron chi connectivity index (χ3n) is 7.88. The van der Waals surface area contributed by atoms with Crippen molar-refractivity contribution >= 4 is 22.7 Å². The van der Waals surface area contributed by atoms with E-state index in [1.54, 1.807) is 14.2 Å². The van der Waals surface area contributed by atoms with Crippen LogP contribution in [0.2, 0.25) is 0 Å². The lowest BCUT2D eigenvalue weighted by Gasteiger charge is -2.42. The molecule has 2 aromatic carbocycles. The van der Waals surface area contributed by atoms with Gasteiger partial charge >= 0.3 is 0 Å². The number of nitrogens with one attached hydrogen (secondary N) is 1. The fourth-order valence-corrected chi connectivity index (χ4v) is 5.70. The minimum absolute atomic E-state index is 0.230. The van der Waals surface area contributed by atoms with Gasteiger partial charge in [-0.2, -0.15) is 4.98 Å². The molecule has 1 atom stereocenters. The van der Waals surface area contributed by atoms with Crippen LogP contribution < -0.4 is 19.7 Å². The Morgan fingerprint density at radius 3 is 2.45 bits per heavy atom. The minimum Gasteiger partial charge on any atom is -0.493 e. The zero-order valence-electron chi connectivity index (χ0n) is 22.3. The zero-order valence-corrected chi connectivity index (χ0v) is 22.3. The van der Waals surface area contributed by atoms with Gasteiger partial charge in [0.1, 0.15) is 11.6 Å². The number of likely N-dealkylation sites (tertiary alicyclic amines) is 1. The molecule has 1 aromatic heterocycles. The van der Waals surface area contributed by atoms with Crippen molar-refractivity contribution in [2.45, 2.75) is 38.1 Å². The number of rotatable bonds is 9. The van der Waals surface area contributed by atoms with Crippen molar-refractivity contribution < 1.29 is 19.0 Å². The molecule has 0 aliphatic carbocycles. The quantitative estimate of drug-likeness (QED) is 0.434. The molecule has 0 spiro atoms. The molecule has 2 aliphatic heterocycles. The Hall–Kier alpha value is -3.17. The highest BCUT2D eigenvalue weighted by Crippen LogP contribution is 2.35. The standard InChI is InChI=1S/C29H38FN5O3/c1-37-26-16-24-25(17-27(26)38-2)32-29(33-28(24)31-12-9-20-5-7-22(30)8-6-20)34-14-10-23(11-15-34)35-13-3-4-21(18-35)19-36/h5-8,16-17,21,23,36H,3-4,9-15,18-19H2,1-2H3,(H,31,32,33). The van der Waals surface area contributed by atoms with Crippen LogP contribution >= 0.6 is 0 Å². The Morgan fingerprint density at radius 1 is 1.00 bits per heavy atom. The second kappa shape index (κ2) is 12.1. The number of ether oxygens (including phenoxy) is 2. The van der Waals surface area contributed by atoms with Crippen molar-refractivity contribution in [1.82, 2.24) is 14.9 Å². The number of piperidine rings is 2. The summed E-state index contributed by atoms with van der Waals surface area (Å²) in [6.45, 7) is 4.83. The van der Waals surface area contributed by atoms with Gasteiger partial charge in [-0.15, -0.1) is 0 Å². The summed E-state index contributed by atoms with van der Waals surface area (Å²) < 4.78 is 24.4. The summed E-state index contributed by atoms with van der Waals surface area (Å²) in [4.78, 5) is 14.7. The largest absolute Gasteiger partial charge is 0.493 e. The van der Waals surface area contributed by atoms with Crippen LogP contribution in [0.15, 0.2) is 36.4 Å². The molecule has 9 heteroatoms. The van der Waals surface area contributed by atoms with Crippen LogP contribution in [0.5, 0.6) is 11.5 Å². The van der Waals surface area contributed by atoms with Gasteiger partial charge in [0, 0.05) is 50.3 Å². The van der Waals surface area contributed by atoms with E-state index in [1.165, 1.54) is 12.1 Å². The molecule has 0 bridgehead atoms. The molecule has 5 rings (SSSR count). The third kappa shape index (κ3) is 5.94. The molecule has 2 N–H and O–H groups in total. The van der Waals surface area contributed by atoms with E-state index < -0.39 is 0 Å². The first kappa shape index (κ1) is 26.4. The molecule has 0 radical (unpaired) electrons. The smallest absolute Gasteiger partial charge is 0.227 e. The Kier molecular flexibility index (Phi) is 8.44. The van der Waals surface area contributed by atoms with Crippen LogP contribution in [0.1, 0.15) is 31.2 Å². The van der Waals surface area contributed by atoms with Gasteiger partial charge in [0.25, 0.3) is 0 Å². The number of methoxy groups -OCH3 is 2. The molecule has 3 heterocycles. The highest BCUT2D eigenvalue weighted by Gasteiger charge is 2.29.